The summed E-state index contributed by atoms with van der Waals surface area (Å²) in [7, 11) is 0. The lowest BCUT2D eigenvalue weighted by molar-refractivity contribution is -0.324. The van der Waals surface area contributed by atoms with Crippen LogP contribution in [0.1, 0.15) is 65.6 Å². The van der Waals surface area contributed by atoms with Crippen molar-refractivity contribution in [2.24, 2.45) is 0 Å². The summed E-state index contributed by atoms with van der Waals surface area (Å²) < 4.78 is 59.3. The highest BCUT2D eigenvalue weighted by molar-refractivity contribution is 5.92. The van der Waals surface area contributed by atoms with Crippen LogP contribution in [-0.4, -0.2) is 122 Å². The molecule has 2 saturated heterocycles. The van der Waals surface area contributed by atoms with E-state index in [2.05, 4.69) is 0 Å². The second-order valence-corrected chi connectivity index (χ2v) is 15.5. The topological polar surface area (TPSA) is 232 Å². The summed E-state index contributed by atoms with van der Waals surface area (Å²) in [4.78, 5) is 94.0. The van der Waals surface area contributed by atoms with Gasteiger partial charge in [0.1, 0.15) is 18.8 Å². The lowest BCUT2D eigenvalue weighted by Crippen LogP contribution is -2.65. The Bertz CT molecular complexity index is 2540. The molecule has 2 fully saturated rings. The molecule has 7 rings (SSSR count). The van der Waals surface area contributed by atoms with Crippen molar-refractivity contribution in [2.45, 2.75) is 75.3 Å². The average molecular weight is 947 g/mol. The van der Waals surface area contributed by atoms with Crippen molar-refractivity contribution in [1.29, 1.82) is 0 Å². The van der Waals surface area contributed by atoms with Crippen molar-refractivity contribution < 1.29 is 86.0 Å². The molecule has 0 aromatic heterocycles. The molecule has 5 aromatic rings. The highest BCUT2D eigenvalue weighted by Gasteiger charge is 2.56. The Hall–Kier alpha value is -7.77. The Labute approximate surface area is 394 Å². The van der Waals surface area contributed by atoms with Gasteiger partial charge in [0, 0.05) is 13.8 Å². The SMILES string of the molecule is CC(=O)OC[C@H]1O[C@H](OC[C@H]2O[C@H](O)[C@@H](OC(C)=O)[C@@H](OC(=O)c3ccccc3)[C@@H]2OC(=O)c2ccccc2)[C@@H](OC(=O)c2ccccc2)[C@@H](OC(=O)c2ccccc2)[C@@H]1OC(=O)c1ccccc1. The maximum Gasteiger partial charge on any atom is 0.338 e. The minimum Gasteiger partial charge on any atom is -0.463 e. The minimum absolute atomic E-state index is 0.0375. The summed E-state index contributed by atoms with van der Waals surface area (Å²) in [6, 6.07) is 38.6. The molecule has 2 aliphatic heterocycles. The van der Waals surface area contributed by atoms with Crippen LogP contribution in [0, 0.1) is 0 Å². The van der Waals surface area contributed by atoms with Crippen LogP contribution in [0.2, 0.25) is 0 Å². The van der Waals surface area contributed by atoms with Gasteiger partial charge in [-0.15, -0.1) is 0 Å². The Morgan fingerprint density at radius 2 is 0.710 bits per heavy atom. The molecule has 0 unspecified atom stereocenters. The highest BCUT2D eigenvalue weighted by Crippen LogP contribution is 2.34. The van der Waals surface area contributed by atoms with Crippen molar-refractivity contribution in [3.63, 3.8) is 0 Å². The highest BCUT2D eigenvalue weighted by atomic mass is 16.7. The number of aliphatic hydroxyl groups excluding tert-OH is 1. The molecule has 0 bridgehead atoms. The Balaban J connectivity index is 1.29. The molecule has 2 heterocycles. The monoisotopic (exact) mass is 946 g/mol. The van der Waals surface area contributed by atoms with Crippen molar-refractivity contribution in [3.05, 3.63) is 179 Å². The van der Waals surface area contributed by atoms with Crippen LogP contribution in [0.4, 0.5) is 0 Å². The van der Waals surface area contributed by atoms with E-state index in [-0.39, 0.29) is 27.8 Å². The quantitative estimate of drug-likeness (QED) is 0.101. The van der Waals surface area contributed by atoms with Crippen LogP contribution in [-0.2, 0) is 57.0 Å². The van der Waals surface area contributed by atoms with Crippen LogP contribution in [0.25, 0.3) is 0 Å². The van der Waals surface area contributed by atoms with Gasteiger partial charge in [0.15, 0.2) is 49.2 Å². The molecule has 358 valence electrons. The predicted molar refractivity (Wildman–Crippen MR) is 236 cm³/mol. The lowest BCUT2D eigenvalue weighted by Gasteiger charge is -2.46. The van der Waals surface area contributed by atoms with E-state index in [1.807, 2.05) is 0 Å². The molecule has 69 heavy (non-hydrogen) atoms. The van der Waals surface area contributed by atoms with E-state index < -0.39 is 116 Å². The molecule has 18 nitrogen and oxygen atoms in total. The largest absolute Gasteiger partial charge is 0.463 e. The van der Waals surface area contributed by atoms with Crippen molar-refractivity contribution in [2.75, 3.05) is 13.2 Å². The fourth-order valence-electron chi connectivity index (χ4n) is 7.39. The summed E-state index contributed by atoms with van der Waals surface area (Å²) >= 11 is 0. The van der Waals surface area contributed by atoms with E-state index in [1.54, 1.807) is 91.0 Å². The van der Waals surface area contributed by atoms with Crippen LogP contribution in [0.15, 0.2) is 152 Å². The van der Waals surface area contributed by atoms with Crippen LogP contribution in [0.3, 0.4) is 0 Å². The maximum absolute atomic E-state index is 14.0. The van der Waals surface area contributed by atoms with Gasteiger partial charge in [0.05, 0.1) is 34.4 Å². The van der Waals surface area contributed by atoms with Gasteiger partial charge in [0.25, 0.3) is 0 Å². The number of aliphatic hydroxyl groups is 1. The van der Waals surface area contributed by atoms with E-state index in [0.717, 1.165) is 13.8 Å². The fraction of sp³-hybridized carbons (Fsp3) is 0.275. The van der Waals surface area contributed by atoms with Gasteiger partial charge in [-0.05, 0) is 60.7 Å². The van der Waals surface area contributed by atoms with Gasteiger partial charge in [-0.3, -0.25) is 9.59 Å². The summed E-state index contributed by atoms with van der Waals surface area (Å²) in [6.07, 6.45) is -17.5. The Morgan fingerprint density at radius 3 is 1.06 bits per heavy atom. The van der Waals surface area contributed by atoms with Crippen LogP contribution < -0.4 is 0 Å². The number of ether oxygens (including phenoxy) is 10. The first-order valence-electron chi connectivity index (χ1n) is 21.6. The van der Waals surface area contributed by atoms with Gasteiger partial charge in [0.2, 0.25) is 0 Å². The molecular formula is C51H46O18. The molecule has 5 aromatic carbocycles. The van der Waals surface area contributed by atoms with E-state index in [9.17, 15) is 38.7 Å². The first-order valence-corrected chi connectivity index (χ1v) is 21.6. The molecular weight excluding hydrogens is 901 g/mol. The first kappa shape index (κ1) is 49.1. The van der Waals surface area contributed by atoms with E-state index in [1.165, 1.54) is 60.7 Å². The van der Waals surface area contributed by atoms with Gasteiger partial charge in [-0.25, -0.2) is 24.0 Å². The molecule has 0 amide bonds. The third-order valence-electron chi connectivity index (χ3n) is 10.6. The number of benzene rings is 5. The molecule has 0 spiro atoms. The van der Waals surface area contributed by atoms with E-state index in [0.29, 0.717) is 0 Å². The fourth-order valence-corrected chi connectivity index (χ4v) is 7.39. The van der Waals surface area contributed by atoms with Crippen LogP contribution >= 0.6 is 0 Å². The molecule has 1 N–H and O–H groups in total. The summed E-state index contributed by atoms with van der Waals surface area (Å²) in [5.74, 6) is -6.44. The zero-order valence-corrected chi connectivity index (χ0v) is 37.0. The normalized spacial score (nSPS) is 24.0. The van der Waals surface area contributed by atoms with Crippen molar-refractivity contribution >= 4 is 41.8 Å². The Morgan fingerprint density at radius 1 is 0.391 bits per heavy atom. The molecule has 18 heteroatoms. The molecule has 0 radical (unpaired) electrons. The molecule has 2 aliphatic rings. The number of carbonyl (C=O) groups is 7. The van der Waals surface area contributed by atoms with Crippen molar-refractivity contribution in [1.82, 2.24) is 0 Å². The number of rotatable bonds is 16. The zero-order chi connectivity index (χ0) is 48.9. The second-order valence-electron chi connectivity index (χ2n) is 15.5. The number of esters is 7. The van der Waals surface area contributed by atoms with Gasteiger partial charge in [-0.2, -0.15) is 0 Å². The lowest BCUT2D eigenvalue weighted by atomic mass is 9.96. The maximum atomic E-state index is 14.0. The summed E-state index contributed by atoms with van der Waals surface area (Å²) in [6.45, 7) is 0.760. The molecule has 0 saturated carbocycles. The third-order valence-corrected chi connectivity index (χ3v) is 10.6. The summed E-state index contributed by atoms with van der Waals surface area (Å²) in [5.41, 5.74) is 0.265. The van der Waals surface area contributed by atoms with Gasteiger partial charge < -0.3 is 52.5 Å². The zero-order valence-electron chi connectivity index (χ0n) is 37.0. The van der Waals surface area contributed by atoms with Gasteiger partial charge >= 0.3 is 41.8 Å². The standard InChI is InChI=1S/C51H46O18/c1-30(52)60-28-38-40(66-46(55)33-20-10-4-11-21-33)42(68-48(57)35-24-14-6-15-25-35)44(69-49(58)36-26-16-7-17-27-36)51(64-38)61-29-37-39(65-45(54)32-18-8-3-9-19-32)41(43(50(59)63-37)62-31(2)53)67-47(56)34-22-12-5-13-23-34/h3-27,37-44,50-51,59H,28-29H2,1-2H3/t37-,38-,39-,40-,41+,42+,43+,44+,50+,51+/m1/s1. The number of hydrogen-bond donors (Lipinski definition) is 1. The Kier molecular flexibility index (Phi) is 16.6. The minimum atomic E-state index is -2.04. The third kappa shape index (κ3) is 12.8. The molecule has 0 aliphatic carbocycles. The smallest absolute Gasteiger partial charge is 0.338 e. The molecule has 10 atom stereocenters. The summed E-state index contributed by atoms with van der Waals surface area (Å²) in [5, 5.41) is 11.4. The number of carbonyl (C=O) groups excluding carboxylic acids is 7. The number of hydrogen-bond acceptors (Lipinski definition) is 18. The average Bonchev–Trinajstić information content (AvgIpc) is 3.37. The van der Waals surface area contributed by atoms with E-state index in [4.69, 9.17) is 47.4 Å². The first-order chi connectivity index (χ1) is 33.4. The van der Waals surface area contributed by atoms with Gasteiger partial charge in [-0.1, -0.05) is 91.0 Å². The van der Waals surface area contributed by atoms with Crippen LogP contribution in [0.5, 0.6) is 0 Å². The predicted octanol–water partition coefficient (Wildman–Crippen LogP) is 5.07. The van der Waals surface area contributed by atoms with Crippen molar-refractivity contribution in [3.8, 4) is 0 Å². The second kappa shape index (κ2) is 23.3. The van der Waals surface area contributed by atoms with E-state index >= 15 is 0 Å².